The van der Waals surface area contributed by atoms with Crippen LogP contribution in [0.15, 0.2) is 12.3 Å². The summed E-state index contributed by atoms with van der Waals surface area (Å²) in [6, 6.07) is 0. The van der Waals surface area contributed by atoms with Crippen molar-refractivity contribution in [1.29, 1.82) is 0 Å². The van der Waals surface area contributed by atoms with Gasteiger partial charge in [0, 0.05) is 0 Å². The number of carbonyl (C=O) groups is 2. The molecule has 1 heterocycles. The number of amides is 1. The quantitative estimate of drug-likeness (QED) is 0.228. The molecule has 0 spiro atoms. The first-order valence-electron chi connectivity index (χ1n) is 11.2. The zero-order chi connectivity index (χ0) is 21.5. The topological polar surface area (TPSA) is 116 Å². The molecule has 1 amide bonds. The minimum Gasteiger partial charge on any atom is -0.454 e. The van der Waals surface area contributed by atoms with Crippen molar-refractivity contribution in [2.75, 3.05) is 0 Å². The van der Waals surface area contributed by atoms with Crippen molar-refractivity contribution in [3.63, 3.8) is 0 Å². The predicted molar refractivity (Wildman–Crippen MR) is 111 cm³/mol. The summed E-state index contributed by atoms with van der Waals surface area (Å²) in [6.07, 6.45) is 13.0. The van der Waals surface area contributed by atoms with Crippen molar-refractivity contribution in [3.05, 3.63) is 12.3 Å². The highest BCUT2D eigenvalue weighted by molar-refractivity contribution is 5.84. The van der Waals surface area contributed by atoms with Crippen LogP contribution in [0.2, 0.25) is 0 Å². The molecular formula is C22H39NO6. The molecule has 7 nitrogen and oxygen atoms in total. The van der Waals surface area contributed by atoms with Gasteiger partial charge in [0.2, 0.25) is 0 Å². The molecule has 0 unspecified atom stereocenters. The summed E-state index contributed by atoms with van der Waals surface area (Å²) >= 11 is 0. The third-order valence-electron chi connectivity index (χ3n) is 5.30. The monoisotopic (exact) mass is 413 g/mol. The predicted octanol–water partition coefficient (Wildman–Crippen LogP) is 2.72. The fourth-order valence-electron chi connectivity index (χ4n) is 3.41. The molecule has 1 aliphatic heterocycles. The summed E-state index contributed by atoms with van der Waals surface area (Å²) in [5.41, 5.74) is 0. The Morgan fingerprint density at radius 2 is 1.52 bits per heavy atom. The van der Waals surface area contributed by atoms with E-state index in [0.717, 1.165) is 19.3 Å². The van der Waals surface area contributed by atoms with E-state index in [1.165, 1.54) is 70.4 Å². The third-order valence-corrected chi connectivity index (χ3v) is 5.30. The Labute approximate surface area is 174 Å². The largest absolute Gasteiger partial charge is 0.454 e. The van der Waals surface area contributed by atoms with Crippen molar-refractivity contribution in [2.24, 2.45) is 0 Å². The Bertz CT molecular complexity index is 496. The van der Waals surface area contributed by atoms with Gasteiger partial charge in [0.1, 0.15) is 6.10 Å². The van der Waals surface area contributed by atoms with E-state index in [9.17, 15) is 24.9 Å². The van der Waals surface area contributed by atoms with Gasteiger partial charge in [-0.1, -0.05) is 83.6 Å². The number of aliphatic hydroxyl groups excluding tert-OH is 3. The minimum absolute atomic E-state index is 0.790. The van der Waals surface area contributed by atoms with Crippen LogP contribution in [0.5, 0.6) is 0 Å². The molecule has 1 fully saturated rings. The molecule has 4 atom stereocenters. The molecule has 0 aromatic heterocycles. The Morgan fingerprint density at radius 1 is 1.00 bits per heavy atom. The summed E-state index contributed by atoms with van der Waals surface area (Å²) in [5, 5.41) is 31.1. The smallest absolute Gasteiger partial charge is 0.338 e. The summed E-state index contributed by atoms with van der Waals surface area (Å²) in [5.74, 6) is -1.83. The maximum absolute atomic E-state index is 11.8. The molecule has 29 heavy (non-hydrogen) atoms. The third kappa shape index (κ3) is 10.2. The van der Waals surface area contributed by atoms with E-state index in [1.54, 1.807) is 0 Å². The maximum atomic E-state index is 11.8. The van der Waals surface area contributed by atoms with Gasteiger partial charge in [-0.25, -0.2) is 4.79 Å². The number of esters is 1. The van der Waals surface area contributed by atoms with E-state index < -0.39 is 36.3 Å². The molecule has 168 valence electrons. The van der Waals surface area contributed by atoms with Crippen molar-refractivity contribution in [2.45, 2.75) is 115 Å². The average molecular weight is 414 g/mol. The highest BCUT2D eigenvalue weighted by atomic mass is 16.6. The molecule has 0 bridgehead atoms. The van der Waals surface area contributed by atoms with Gasteiger partial charge in [0.25, 0.3) is 5.91 Å². The number of aliphatic hydroxyl groups is 3. The van der Waals surface area contributed by atoms with Crippen LogP contribution in [0.3, 0.4) is 0 Å². The molecular weight excluding hydrogens is 374 g/mol. The van der Waals surface area contributed by atoms with Gasteiger partial charge in [-0.2, -0.15) is 0 Å². The normalized spacial score (nSPS) is 22.8. The standard InChI is InChI=1S/C22H39NO6/c1-2-3-4-5-6-7-8-9-10-11-12-13-14-15-16-23-21(27)19(26)20-17(24)18(25)22(28)29-20/h15-20,24-26H,2-14H2,1H3,(H,23,27)/t17-,18+,19-,20+/m1/s1. The molecule has 7 heteroatoms. The van der Waals surface area contributed by atoms with Gasteiger partial charge < -0.3 is 25.4 Å². The Morgan fingerprint density at radius 3 is 2.00 bits per heavy atom. The first-order chi connectivity index (χ1) is 14.0. The summed E-state index contributed by atoms with van der Waals surface area (Å²) in [7, 11) is 0. The number of allylic oxidation sites excluding steroid dienone is 1. The van der Waals surface area contributed by atoms with Gasteiger partial charge in [0.05, 0.1) is 0 Å². The number of hydrogen-bond acceptors (Lipinski definition) is 6. The molecule has 4 N–H and O–H groups in total. The van der Waals surface area contributed by atoms with Gasteiger partial charge in [-0.05, 0) is 19.0 Å². The van der Waals surface area contributed by atoms with Crippen LogP contribution in [-0.4, -0.2) is 51.6 Å². The Hall–Kier alpha value is -1.44. The number of rotatable bonds is 16. The lowest BCUT2D eigenvalue weighted by Crippen LogP contribution is -2.46. The fraction of sp³-hybridized carbons (Fsp3) is 0.818. The number of hydrogen-bond donors (Lipinski definition) is 4. The number of ether oxygens (including phenoxy) is 1. The lowest BCUT2D eigenvalue weighted by molar-refractivity contribution is -0.153. The molecule has 1 saturated heterocycles. The Kier molecular flexibility index (Phi) is 13.6. The van der Waals surface area contributed by atoms with Crippen molar-refractivity contribution < 1.29 is 29.6 Å². The van der Waals surface area contributed by atoms with E-state index in [2.05, 4.69) is 17.0 Å². The number of nitrogens with one attached hydrogen (secondary N) is 1. The first kappa shape index (κ1) is 25.6. The molecule has 0 aliphatic carbocycles. The summed E-state index contributed by atoms with van der Waals surface area (Å²) < 4.78 is 4.62. The van der Waals surface area contributed by atoms with E-state index in [-0.39, 0.29) is 0 Å². The zero-order valence-corrected chi connectivity index (χ0v) is 17.7. The van der Waals surface area contributed by atoms with E-state index in [0.29, 0.717) is 0 Å². The van der Waals surface area contributed by atoms with Crippen molar-refractivity contribution in [3.8, 4) is 0 Å². The van der Waals surface area contributed by atoms with Crippen LogP contribution in [-0.2, 0) is 14.3 Å². The maximum Gasteiger partial charge on any atom is 0.338 e. The van der Waals surface area contributed by atoms with Crippen LogP contribution in [0, 0.1) is 0 Å². The second-order valence-electron chi connectivity index (χ2n) is 7.87. The van der Waals surface area contributed by atoms with Crippen LogP contribution in [0.1, 0.15) is 90.4 Å². The molecule has 1 rings (SSSR count). The molecule has 0 aromatic carbocycles. The highest BCUT2D eigenvalue weighted by Gasteiger charge is 2.48. The molecule has 0 aromatic rings. The Balaban J connectivity index is 1.97. The van der Waals surface area contributed by atoms with Crippen molar-refractivity contribution in [1.82, 2.24) is 5.32 Å². The SMILES string of the molecule is CCCCCCCCCCCCCCC=CNC(=O)[C@H](O)[C@H]1OC(=O)[C@@H](O)[C@H]1O. The van der Waals surface area contributed by atoms with Crippen molar-refractivity contribution >= 4 is 11.9 Å². The summed E-state index contributed by atoms with van der Waals surface area (Å²) in [4.78, 5) is 23.0. The number of cyclic esters (lactones) is 1. The fourth-order valence-corrected chi connectivity index (χ4v) is 3.41. The summed E-state index contributed by atoms with van der Waals surface area (Å²) in [6.45, 7) is 2.24. The van der Waals surface area contributed by atoms with Gasteiger partial charge >= 0.3 is 5.97 Å². The lowest BCUT2D eigenvalue weighted by atomic mass is 10.0. The lowest BCUT2D eigenvalue weighted by Gasteiger charge is -2.18. The van der Waals surface area contributed by atoms with Gasteiger partial charge in [0.15, 0.2) is 18.3 Å². The van der Waals surface area contributed by atoms with Crippen LogP contribution in [0.4, 0.5) is 0 Å². The number of carbonyl (C=O) groups excluding carboxylic acids is 2. The second-order valence-corrected chi connectivity index (χ2v) is 7.87. The van der Waals surface area contributed by atoms with E-state index >= 15 is 0 Å². The van der Waals surface area contributed by atoms with Gasteiger partial charge in [-0.15, -0.1) is 0 Å². The first-order valence-corrected chi connectivity index (χ1v) is 11.2. The van der Waals surface area contributed by atoms with E-state index in [4.69, 9.17) is 0 Å². The molecule has 0 saturated carbocycles. The molecule has 1 aliphatic rings. The zero-order valence-electron chi connectivity index (χ0n) is 17.7. The van der Waals surface area contributed by atoms with Crippen LogP contribution in [0.25, 0.3) is 0 Å². The minimum atomic E-state index is -1.73. The van der Waals surface area contributed by atoms with Crippen LogP contribution >= 0.6 is 0 Å². The van der Waals surface area contributed by atoms with Gasteiger partial charge in [-0.3, -0.25) is 4.79 Å². The number of unbranched alkanes of at least 4 members (excludes halogenated alkanes) is 12. The highest BCUT2D eigenvalue weighted by Crippen LogP contribution is 2.19. The average Bonchev–Trinajstić information content (AvgIpc) is 2.97. The second kappa shape index (κ2) is 15.4. The van der Waals surface area contributed by atoms with E-state index in [1.807, 2.05) is 6.08 Å². The van der Waals surface area contributed by atoms with Crippen LogP contribution < -0.4 is 5.32 Å². The molecule has 0 radical (unpaired) electrons.